The summed E-state index contributed by atoms with van der Waals surface area (Å²) in [5.41, 5.74) is 1.39. The van der Waals surface area contributed by atoms with Crippen LogP contribution >= 0.6 is 0 Å². The van der Waals surface area contributed by atoms with Gasteiger partial charge in [0.05, 0.1) is 19.1 Å². The Balaban J connectivity index is 2.10. The summed E-state index contributed by atoms with van der Waals surface area (Å²) in [6, 6.07) is 6.59. The van der Waals surface area contributed by atoms with Crippen LogP contribution in [0, 0.1) is 12.8 Å². The molecule has 1 heterocycles. The van der Waals surface area contributed by atoms with Crippen LogP contribution in [0.3, 0.4) is 0 Å². The number of amides is 2. The SMILES string of the molecule is Cc1ccccc1C(=O)NC(CC(C)C)C(=O)N1CCOC(CC(=O)O)C1. The van der Waals surface area contributed by atoms with Crippen molar-refractivity contribution in [2.75, 3.05) is 19.7 Å². The fraction of sp³-hybridized carbons (Fsp3) is 0.550. The fourth-order valence-corrected chi connectivity index (χ4v) is 3.21. The van der Waals surface area contributed by atoms with Crippen molar-refractivity contribution >= 4 is 17.8 Å². The average molecular weight is 376 g/mol. The zero-order valence-electron chi connectivity index (χ0n) is 16.1. The van der Waals surface area contributed by atoms with Gasteiger partial charge in [-0.25, -0.2) is 0 Å². The Labute approximate surface area is 159 Å². The van der Waals surface area contributed by atoms with E-state index in [0.717, 1.165) is 5.56 Å². The quantitative estimate of drug-likeness (QED) is 0.757. The smallest absolute Gasteiger partial charge is 0.306 e. The first kappa shape index (κ1) is 20.9. The predicted octanol–water partition coefficient (Wildman–Crippen LogP) is 1.84. The Kier molecular flexibility index (Phi) is 7.36. The topological polar surface area (TPSA) is 95.9 Å². The standard InChI is InChI=1S/C20H28N2O5/c1-13(2)10-17(21-19(25)16-7-5-4-6-14(16)3)20(26)22-8-9-27-15(12-22)11-18(23)24/h4-7,13,15,17H,8-12H2,1-3H3,(H,21,25)(H,23,24). The van der Waals surface area contributed by atoms with Crippen LogP contribution in [0.15, 0.2) is 24.3 Å². The summed E-state index contributed by atoms with van der Waals surface area (Å²) < 4.78 is 5.43. The summed E-state index contributed by atoms with van der Waals surface area (Å²) in [6.07, 6.45) is -0.155. The summed E-state index contributed by atoms with van der Waals surface area (Å²) >= 11 is 0. The lowest BCUT2D eigenvalue weighted by Gasteiger charge is -2.35. The van der Waals surface area contributed by atoms with Gasteiger partial charge in [-0.1, -0.05) is 32.0 Å². The molecule has 27 heavy (non-hydrogen) atoms. The minimum Gasteiger partial charge on any atom is -0.481 e. The van der Waals surface area contributed by atoms with Crippen LogP contribution in [0.4, 0.5) is 0 Å². The molecule has 1 aromatic rings. The lowest BCUT2D eigenvalue weighted by molar-refractivity contribution is -0.148. The van der Waals surface area contributed by atoms with Crippen LogP contribution in [-0.2, 0) is 14.3 Å². The van der Waals surface area contributed by atoms with Crippen molar-refractivity contribution in [2.24, 2.45) is 5.92 Å². The molecule has 2 amide bonds. The highest BCUT2D eigenvalue weighted by atomic mass is 16.5. The van der Waals surface area contributed by atoms with E-state index in [9.17, 15) is 14.4 Å². The molecule has 0 spiro atoms. The van der Waals surface area contributed by atoms with Crippen LogP contribution in [-0.4, -0.2) is 59.6 Å². The first-order valence-electron chi connectivity index (χ1n) is 9.26. The number of benzene rings is 1. The number of nitrogens with one attached hydrogen (secondary N) is 1. The minimum absolute atomic E-state index is 0.145. The van der Waals surface area contributed by atoms with Crippen LogP contribution in [0.2, 0.25) is 0 Å². The predicted molar refractivity (Wildman–Crippen MR) is 100 cm³/mol. The summed E-state index contributed by atoms with van der Waals surface area (Å²) in [5.74, 6) is -1.21. The van der Waals surface area contributed by atoms with Gasteiger partial charge in [0.1, 0.15) is 6.04 Å². The van der Waals surface area contributed by atoms with E-state index in [1.807, 2.05) is 32.9 Å². The van der Waals surface area contributed by atoms with Crippen molar-refractivity contribution in [1.82, 2.24) is 10.2 Å². The Hall–Kier alpha value is -2.41. The molecule has 7 heteroatoms. The van der Waals surface area contributed by atoms with Crippen molar-refractivity contribution in [3.63, 3.8) is 0 Å². The number of nitrogens with zero attached hydrogens (tertiary/aromatic N) is 1. The normalized spacial score (nSPS) is 18.2. The van der Waals surface area contributed by atoms with Gasteiger partial charge in [0, 0.05) is 18.7 Å². The minimum atomic E-state index is -0.958. The molecular weight excluding hydrogens is 348 g/mol. The maximum atomic E-state index is 13.0. The lowest BCUT2D eigenvalue weighted by atomic mass is 10.0. The molecular formula is C20H28N2O5. The third-order valence-corrected chi connectivity index (χ3v) is 4.55. The molecule has 0 bridgehead atoms. The monoisotopic (exact) mass is 376 g/mol. The maximum Gasteiger partial charge on any atom is 0.306 e. The van der Waals surface area contributed by atoms with Crippen molar-refractivity contribution in [2.45, 2.75) is 45.8 Å². The summed E-state index contributed by atoms with van der Waals surface area (Å²) in [5, 5.41) is 11.8. The summed E-state index contributed by atoms with van der Waals surface area (Å²) in [6.45, 7) is 6.75. The molecule has 2 unspecified atom stereocenters. The second-order valence-electron chi connectivity index (χ2n) is 7.35. The molecule has 148 valence electrons. The highest BCUT2D eigenvalue weighted by molar-refractivity contribution is 5.98. The lowest BCUT2D eigenvalue weighted by Crippen LogP contribution is -2.54. The van der Waals surface area contributed by atoms with Crippen LogP contribution < -0.4 is 5.32 Å². The Morgan fingerprint density at radius 1 is 1.30 bits per heavy atom. The number of aryl methyl sites for hydroxylation is 1. The molecule has 0 radical (unpaired) electrons. The number of rotatable bonds is 7. The number of morpholine rings is 1. The van der Waals surface area contributed by atoms with Gasteiger partial charge in [0.15, 0.2) is 0 Å². The molecule has 1 aliphatic heterocycles. The molecule has 1 saturated heterocycles. The Morgan fingerprint density at radius 2 is 2.00 bits per heavy atom. The first-order chi connectivity index (χ1) is 12.8. The van der Waals surface area contributed by atoms with Crippen LogP contribution in [0.5, 0.6) is 0 Å². The third kappa shape index (κ3) is 6.06. The highest BCUT2D eigenvalue weighted by Crippen LogP contribution is 2.15. The number of carboxylic acids is 1. The van der Waals surface area contributed by atoms with E-state index in [4.69, 9.17) is 9.84 Å². The molecule has 0 aromatic heterocycles. The first-order valence-corrected chi connectivity index (χ1v) is 9.26. The number of carboxylic acid groups (broad SMARTS) is 1. The number of carbonyl (C=O) groups excluding carboxylic acids is 2. The molecule has 1 aliphatic rings. The van der Waals surface area contributed by atoms with Gasteiger partial charge in [-0.3, -0.25) is 14.4 Å². The molecule has 0 saturated carbocycles. The van der Waals surface area contributed by atoms with E-state index in [0.29, 0.717) is 25.1 Å². The van der Waals surface area contributed by atoms with Gasteiger partial charge in [-0.05, 0) is 30.9 Å². The molecule has 1 fully saturated rings. The van der Waals surface area contributed by atoms with Crippen LogP contribution in [0.1, 0.15) is 42.6 Å². The second-order valence-corrected chi connectivity index (χ2v) is 7.35. The van der Waals surface area contributed by atoms with Gasteiger partial charge in [0.2, 0.25) is 5.91 Å². The maximum absolute atomic E-state index is 13.0. The van der Waals surface area contributed by atoms with Gasteiger partial charge < -0.3 is 20.1 Å². The Bertz CT molecular complexity index is 689. The average Bonchev–Trinajstić information content (AvgIpc) is 2.60. The fourth-order valence-electron chi connectivity index (χ4n) is 3.21. The van der Waals surface area contributed by atoms with E-state index in [2.05, 4.69) is 5.32 Å². The van der Waals surface area contributed by atoms with E-state index < -0.39 is 18.1 Å². The summed E-state index contributed by atoms with van der Waals surface area (Å²) in [7, 11) is 0. The Morgan fingerprint density at radius 3 is 2.63 bits per heavy atom. The summed E-state index contributed by atoms with van der Waals surface area (Å²) in [4.78, 5) is 38.2. The molecule has 1 aromatic carbocycles. The zero-order chi connectivity index (χ0) is 20.0. The molecule has 2 N–H and O–H groups in total. The second kappa shape index (κ2) is 9.50. The number of hydrogen-bond acceptors (Lipinski definition) is 4. The molecule has 0 aliphatic carbocycles. The van der Waals surface area contributed by atoms with E-state index in [1.165, 1.54) is 0 Å². The van der Waals surface area contributed by atoms with Gasteiger partial charge in [0.25, 0.3) is 5.91 Å². The molecule has 2 atom stereocenters. The zero-order valence-corrected chi connectivity index (χ0v) is 16.1. The van der Waals surface area contributed by atoms with Gasteiger partial charge in [-0.2, -0.15) is 0 Å². The van der Waals surface area contributed by atoms with E-state index >= 15 is 0 Å². The van der Waals surface area contributed by atoms with Gasteiger partial charge in [-0.15, -0.1) is 0 Å². The van der Waals surface area contributed by atoms with E-state index in [1.54, 1.807) is 17.0 Å². The van der Waals surface area contributed by atoms with E-state index in [-0.39, 0.29) is 30.7 Å². The molecule has 7 nitrogen and oxygen atoms in total. The number of ether oxygens (including phenoxy) is 1. The van der Waals surface area contributed by atoms with Crippen LogP contribution in [0.25, 0.3) is 0 Å². The third-order valence-electron chi connectivity index (χ3n) is 4.55. The van der Waals surface area contributed by atoms with Crippen molar-refractivity contribution in [3.05, 3.63) is 35.4 Å². The number of aliphatic carboxylic acids is 1. The number of carbonyl (C=O) groups is 3. The van der Waals surface area contributed by atoms with Crippen molar-refractivity contribution in [1.29, 1.82) is 0 Å². The van der Waals surface area contributed by atoms with Crippen molar-refractivity contribution < 1.29 is 24.2 Å². The van der Waals surface area contributed by atoms with Crippen molar-refractivity contribution in [3.8, 4) is 0 Å². The highest BCUT2D eigenvalue weighted by Gasteiger charge is 2.31. The molecule has 2 rings (SSSR count). The largest absolute Gasteiger partial charge is 0.481 e. The number of hydrogen-bond donors (Lipinski definition) is 2. The van der Waals surface area contributed by atoms with Gasteiger partial charge >= 0.3 is 5.97 Å².